The number of ether oxygens (including phenoxy) is 1. The van der Waals surface area contributed by atoms with E-state index in [2.05, 4.69) is 32.5 Å². The second-order valence-corrected chi connectivity index (χ2v) is 8.73. The van der Waals surface area contributed by atoms with Crippen LogP contribution in [0.5, 0.6) is 5.75 Å². The van der Waals surface area contributed by atoms with E-state index in [-0.39, 0.29) is 47.8 Å². The third-order valence-electron chi connectivity index (χ3n) is 5.61. The zero-order valence-electron chi connectivity index (χ0n) is 19.6. The topological polar surface area (TPSA) is 181 Å². The fraction of sp³-hybridized carbons (Fsp3) is 0.478. The summed E-state index contributed by atoms with van der Waals surface area (Å²) < 4.78 is 5.44. The molecular weight excluding hydrogens is 474 g/mol. The van der Waals surface area contributed by atoms with Crippen LogP contribution in [-0.2, 0) is 6.42 Å². The van der Waals surface area contributed by atoms with Gasteiger partial charge in [0.25, 0.3) is 0 Å². The van der Waals surface area contributed by atoms with Gasteiger partial charge in [0, 0.05) is 12.1 Å². The van der Waals surface area contributed by atoms with Crippen LogP contribution in [-0.4, -0.2) is 63.4 Å². The van der Waals surface area contributed by atoms with E-state index in [1.165, 1.54) is 0 Å². The summed E-state index contributed by atoms with van der Waals surface area (Å²) in [6, 6.07) is 7.92. The predicted molar refractivity (Wildman–Crippen MR) is 134 cm³/mol. The van der Waals surface area contributed by atoms with Gasteiger partial charge in [-0.05, 0) is 43.4 Å². The molecule has 2 aromatic rings. The molecule has 0 spiro atoms. The number of halogens is 1. The number of nitrogens with zero attached hydrogens (tertiary/aromatic N) is 3. The number of guanidine groups is 1. The molecule has 2 heterocycles. The van der Waals surface area contributed by atoms with Gasteiger partial charge in [0.05, 0.1) is 6.61 Å². The number of aryl methyl sites for hydroxylation is 1. The van der Waals surface area contributed by atoms with Crippen LogP contribution in [0, 0.1) is 0 Å². The van der Waals surface area contributed by atoms with Crippen molar-refractivity contribution in [3.63, 3.8) is 0 Å². The molecule has 12 heteroatoms. The molecule has 1 aliphatic rings. The Balaban J connectivity index is 1.55. The molecule has 1 saturated heterocycles. The van der Waals surface area contributed by atoms with Gasteiger partial charge in [-0.1, -0.05) is 37.1 Å². The van der Waals surface area contributed by atoms with Crippen LogP contribution < -0.4 is 26.8 Å². The largest absolute Gasteiger partial charge is 0.491 e. The van der Waals surface area contributed by atoms with Gasteiger partial charge >= 0.3 is 5.91 Å². The van der Waals surface area contributed by atoms with Crippen LogP contribution in [0.1, 0.15) is 48.7 Å². The smallest absolute Gasteiger partial charge is 0.302 e. The molecule has 0 saturated carbocycles. The molecule has 0 radical (unpaired) electrons. The Morgan fingerprint density at radius 1 is 1.17 bits per heavy atom. The number of aromatic nitrogens is 2. The lowest BCUT2D eigenvalue weighted by Gasteiger charge is -2.17. The third kappa shape index (κ3) is 7.41. The number of amides is 1. The first-order chi connectivity index (χ1) is 16.8. The summed E-state index contributed by atoms with van der Waals surface area (Å²) in [6.45, 7) is 1.82. The number of carbonyl (C=O) groups is 1. The Labute approximate surface area is 209 Å². The van der Waals surface area contributed by atoms with Gasteiger partial charge in [-0.25, -0.2) is 9.97 Å². The van der Waals surface area contributed by atoms with Crippen molar-refractivity contribution in [1.29, 1.82) is 0 Å². The van der Waals surface area contributed by atoms with Crippen LogP contribution in [0.4, 0.5) is 11.6 Å². The second-order valence-electron chi connectivity index (χ2n) is 8.37. The lowest BCUT2D eigenvalue weighted by atomic mass is 9.98. The van der Waals surface area contributed by atoms with Crippen LogP contribution in [0.15, 0.2) is 29.3 Å². The standard InChI is InChI=1S/C23H32ClN7O4/c1-2-4-16-17(6-3-5-13-7-9-15(10-8-13)35-12-14(33)11-32)28-23(27-16)31-22(34)18-20(25)30-21(26)19(24)29-18/h7-10,14,16-17,32-33H,2-6,11-12H2,1H3,(H4,25,26,30)(H2,27,28,31,34). The van der Waals surface area contributed by atoms with E-state index < -0.39 is 12.0 Å². The maximum absolute atomic E-state index is 12.6. The van der Waals surface area contributed by atoms with Gasteiger partial charge < -0.3 is 37.1 Å². The highest BCUT2D eigenvalue weighted by Crippen LogP contribution is 2.20. The van der Waals surface area contributed by atoms with Crippen molar-refractivity contribution in [2.45, 2.75) is 57.2 Å². The first-order valence-corrected chi connectivity index (χ1v) is 11.9. The van der Waals surface area contributed by atoms with Crippen molar-refractivity contribution >= 4 is 35.1 Å². The fourth-order valence-electron chi connectivity index (χ4n) is 3.79. The number of hydrogen-bond donors (Lipinski definition) is 6. The van der Waals surface area contributed by atoms with Crippen molar-refractivity contribution in [3.05, 3.63) is 40.7 Å². The molecule has 11 nitrogen and oxygen atoms in total. The molecule has 3 rings (SSSR count). The molecule has 8 N–H and O–H groups in total. The normalized spacial score (nSPS) is 19.3. The molecule has 1 fully saturated rings. The maximum Gasteiger partial charge on any atom is 0.302 e. The van der Waals surface area contributed by atoms with Crippen LogP contribution in [0.3, 0.4) is 0 Å². The zero-order valence-corrected chi connectivity index (χ0v) is 20.3. The lowest BCUT2D eigenvalue weighted by Crippen LogP contribution is -2.33. The average Bonchev–Trinajstić information content (AvgIpc) is 3.21. The molecular formula is C23H32ClN7O4. The summed E-state index contributed by atoms with van der Waals surface area (Å²) in [5, 5.41) is 24.7. The highest BCUT2D eigenvalue weighted by atomic mass is 35.5. The van der Waals surface area contributed by atoms with E-state index >= 15 is 0 Å². The number of hydrogen-bond acceptors (Lipinski definition) is 8. The highest BCUT2D eigenvalue weighted by Gasteiger charge is 2.30. The Morgan fingerprint density at radius 3 is 2.51 bits per heavy atom. The summed E-state index contributed by atoms with van der Waals surface area (Å²) in [4.78, 5) is 24.4. The second kappa shape index (κ2) is 12.5. The average molecular weight is 506 g/mol. The van der Waals surface area contributed by atoms with Gasteiger partial charge in [-0.15, -0.1) is 0 Å². The Morgan fingerprint density at radius 2 is 1.86 bits per heavy atom. The fourth-order valence-corrected chi connectivity index (χ4v) is 3.92. The number of nitrogen functional groups attached to an aromatic ring is 2. The summed E-state index contributed by atoms with van der Waals surface area (Å²) in [6.07, 6.45) is 3.69. The number of aliphatic hydroxyl groups is 2. The quantitative estimate of drug-likeness (QED) is 0.260. The van der Waals surface area contributed by atoms with Crippen molar-refractivity contribution in [2.24, 2.45) is 4.99 Å². The van der Waals surface area contributed by atoms with Crippen LogP contribution in [0.2, 0.25) is 5.15 Å². The van der Waals surface area contributed by atoms with Gasteiger partial charge in [-0.2, -0.15) is 4.99 Å². The molecule has 35 heavy (non-hydrogen) atoms. The summed E-state index contributed by atoms with van der Waals surface area (Å²) in [7, 11) is 0. The van der Waals surface area contributed by atoms with Crippen molar-refractivity contribution < 1.29 is 19.7 Å². The Hall–Kier alpha value is -3.15. The minimum atomic E-state index is -0.892. The molecule has 3 unspecified atom stereocenters. The molecule has 0 bridgehead atoms. The van der Waals surface area contributed by atoms with Gasteiger partial charge in [0.15, 0.2) is 28.4 Å². The number of anilines is 2. The molecule has 3 atom stereocenters. The van der Waals surface area contributed by atoms with Gasteiger partial charge in [0.2, 0.25) is 0 Å². The van der Waals surface area contributed by atoms with E-state index in [9.17, 15) is 9.90 Å². The number of benzene rings is 1. The van der Waals surface area contributed by atoms with E-state index in [0.717, 1.165) is 37.7 Å². The SMILES string of the molecule is CCCC1NC(=NC(=O)c2nc(Cl)c(N)nc2N)NC1CCCc1ccc(OCC(O)CO)cc1. The molecule has 1 amide bonds. The highest BCUT2D eigenvalue weighted by molar-refractivity contribution is 6.31. The number of aliphatic hydroxyl groups excluding tert-OH is 2. The van der Waals surface area contributed by atoms with Crippen molar-refractivity contribution in [1.82, 2.24) is 20.6 Å². The van der Waals surface area contributed by atoms with E-state index in [1.54, 1.807) is 0 Å². The molecule has 190 valence electrons. The molecule has 0 aliphatic carbocycles. The summed E-state index contributed by atoms with van der Waals surface area (Å²) >= 11 is 5.87. The lowest BCUT2D eigenvalue weighted by molar-refractivity contribution is 0.0536. The van der Waals surface area contributed by atoms with E-state index in [0.29, 0.717) is 11.7 Å². The maximum atomic E-state index is 12.6. The minimum Gasteiger partial charge on any atom is -0.491 e. The van der Waals surface area contributed by atoms with Gasteiger partial charge in [-0.3, -0.25) is 4.79 Å². The zero-order chi connectivity index (χ0) is 25.4. The van der Waals surface area contributed by atoms with Crippen molar-refractivity contribution in [2.75, 3.05) is 24.7 Å². The molecule has 1 aromatic carbocycles. The minimum absolute atomic E-state index is 0.0452. The van der Waals surface area contributed by atoms with E-state index in [4.69, 9.17) is 32.9 Å². The number of aliphatic imine (C=N–C) groups is 1. The number of rotatable bonds is 11. The van der Waals surface area contributed by atoms with Crippen molar-refractivity contribution in [3.8, 4) is 5.75 Å². The monoisotopic (exact) mass is 505 g/mol. The van der Waals surface area contributed by atoms with E-state index in [1.807, 2.05) is 24.3 Å². The Bertz CT molecular complexity index is 1040. The first-order valence-electron chi connectivity index (χ1n) is 11.6. The van der Waals surface area contributed by atoms with Crippen LogP contribution >= 0.6 is 11.6 Å². The predicted octanol–water partition coefficient (Wildman–Crippen LogP) is 1.28. The molecule has 1 aromatic heterocycles. The Kier molecular flexibility index (Phi) is 9.47. The number of carbonyl (C=O) groups excluding carboxylic acids is 1. The summed E-state index contributed by atoms with van der Waals surface area (Å²) in [5.74, 6) is 0.193. The number of nitrogens with two attached hydrogens (primary N) is 2. The number of nitrogens with one attached hydrogen (secondary N) is 2. The van der Waals surface area contributed by atoms with Crippen LogP contribution in [0.25, 0.3) is 0 Å². The van der Waals surface area contributed by atoms with Gasteiger partial charge in [0.1, 0.15) is 18.5 Å². The first kappa shape index (κ1) is 26.5. The third-order valence-corrected chi connectivity index (χ3v) is 5.89. The molecule has 1 aliphatic heterocycles. The summed E-state index contributed by atoms with van der Waals surface area (Å²) in [5.41, 5.74) is 12.3.